The molecule has 1 N–H and O–H groups in total. The molecule has 0 spiro atoms. The lowest BCUT2D eigenvalue weighted by Gasteiger charge is -2.02. The molecule has 1 heterocycles. The number of nitrogens with zero attached hydrogens (tertiary/aromatic N) is 1. The number of carboxylic acids is 1. The lowest BCUT2D eigenvalue weighted by molar-refractivity contribution is -0.136. The number of aryl methyl sites for hydroxylation is 1. The van der Waals surface area contributed by atoms with E-state index < -0.39 is 5.97 Å². The molecule has 0 aliphatic rings. The SMILES string of the molecule is O=C(O)CCc1csc(Cc2ccc(Cl)cc2Cl)n1. The van der Waals surface area contributed by atoms with E-state index >= 15 is 0 Å². The minimum Gasteiger partial charge on any atom is -0.481 e. The second-order valence-electron chi connectivity index (χ2n) is 4.04. The summed E-state index contributed by atoms with van der Waals surface area (Å²) in [7, 11) is 0. The van der Waals surface area contributed by atoms with Crippen LogP contribution in [0.2, 0.25) is 10.0 Å². The van der Waals surface area contributed by atoms with E-state index in [1.54, 1.807) is 12.1 Å². The molecule has 0 saturated heterocycles. The maximum Gasteiger partial charge on any atom is 0.303 e. The third-order valence-electron chi connectivity index (χ3n) is 2.55. The summed E-state index contributed by atoms with van der Waals surface area (Å²) < 4.78 is 0. The van der Waals surface area contributed by atoms with Gasteiger partial charge in [-0.25, -0.2) is 4.98 Å². The van der Waals surface area contributed by atoms with Gasteiger partial charge in [0.25, 0.3) is 0 Å². The summed E-state index contributed by atoms with van der Waals surface area (Å²) in [4.78, 5) is 14.9. The molecule has 0 unspecified atom stereocenters. The number of aromatic nitrogens is 1. The predicted molar refractivity (Wildman–Crippen MR) is 77.3 cm³/mol. The van der Waals surface area contributed by atoms with Crippen LogP contribution in [-0.2, 0) is 17.6 Å². The zero-order valence-electron chi connectivity index (χ0n) is 9.90. The van der Waals surface area contributed by atoms with Crippen molar-refractivity contribution < 1.29 is 9.90 Å². The van der Waals surface area contributed by atoms with Gasteiger partial charge in [-0.2, -0.15) is 0 Å². The summed E-state index contributed by atoms with van der Waals surface area (Å²) in [6.45, 7) is 0. The van der Waals surface area contributed by atoms with Crippen LogP contribution in [0, 0.1) is 0 Å². The highest BCUT2D eigenvalue weighted by Crippen LogP contribution is 2.24. The molecule has 0 aliphatic carbocycles. The molecule has 0 fully saturated rings. The summed E-state index contributed by atoms with van der Waals surface area (Å²) in [5.41, 5.74) is 1.78. The molecule has 1 aromatic heterocycles. The molecule has 1 aromatic carbocycles. The smallest absolute Gasteiger partial charge is 0.303 e. The molecule has 100 valence electrons. The fourth-order valence-electron chi connectivity index (χ4n) is 1.61. The van der Waals surface area contributed by atoms with Crippen molar-refractivity contribution in [2.75, 3.05) is 0 Å². The van der Waals surface area contributed by atoms with Gasteiger partial charge in [-0.1, -0.05) is 29.3 Å². The Balaban J connectivity index is 2.05. The summed E-state index contributed by atoms with van der Waals surface area (Å²) in [5.74, 6) is -0.810. The Bertz CT molecular complexity index is 598. The van der Waals surface area contributed by atoms with E-state index in [-0.39, 0.29) is 6.42 Å². The highest BCUT2D eigenvalue weighted by molar-refractivity contribution is 7.09. The maximum atomic E-state index is 10.5. The molecular formula is C13H11Cl2NO2S. The molecule has 0 amide bonds. The van der Waals surface area contributed by atoms with Gasteiger partial charge in [0.15, 0.2) is 0 Å². The van der Waals surface area contributed by atoms with Crippen molar-refractivity contribution in [1.82, 2.24) is 4.98 Å². The van der Waals surface area contributed by atoms with Gasteiger partial charge in [-0.3, -0.25) is 4.79 Å². The number of benzene rings is 1. The van der Waals surface area contributed by atoms with Gasteiger partial charge in [0.1, 0.15) is 0 Å². The van der Waals surface area contributed by atoms with Crippen LogP contribution < -0.4 is 0 Å². The second kappa shape index (κ2) is 6.37. The van der Waals surface area contributed by atoms with Crippen LogP contribution in [0.3, 0.4) is 0 Å². The predicted octanol–water partition coefficient (Wildman–Crippen LogP) is 4.06. The van der Waals surface area contributed by atoms with Crippen molar-refractivity contribution in [3.05, 3.63) is 49.9 Å². The van der Waals surface area contributed by atoms with Crippen molar-refractivity contribution in [2.24, 2.45) is 0 Å². The van der Waals surface area contributed by atoms with Crippen LogP contribution in [0.25, 0.3) is 0 Å². The molecule has 2 rings (SSSR count). The lowest BCUT2D eigenvalue weighted by Crippen LogP contribution is -1.98. The number of carboxylic acid groups (broad SMARTS) is 1. The molecule has 3 nitrogen and oxygen atoms in total. The van der Waals surface area contributed by atoms with E-state index in [4.69, 9.17) is 28.3 Å². The third kappa shape index (κ3) is 4.20. The van der Waals surface area contributed by atoms with Gasteiger partial charge in [-0.15, -0.1) is 11.3 Å². The molecule has 2 aromatic rings. The molecule has 0 radical (unpaired) electrons. The Morgan fingerprint density at radius 1 is 1.37 bits per heavy atom. The Labute approximate surface area is 124 Å². The van der Waals surface area contributed by atoms with E-state index in [0.717, 1.165) is 16.3 Å². The monoisotopic (exact) mass is 315 g/mol. The van der Waals surface area contributed by atoms with Crippen molar-refractivity contribution in [1.29, 1.82) is 0 Å². The van der Waals surface area contributed by atoms with Gasteiger partial charge < -0.3 is 5.11 Å². The van der Waals surface area contributed by atoms with E-state index in [9.17, 15) is 4.79 Å². The first-order valence-electron chi connectivity index (χ1n) is 5.63. The molecule has 0 bridgehead atoms. The van der Waals surface area contributed by atoms with Crippen LogP contribution in [0.1, 0.15) is 22.7 Å². The first-order valence-corrected chi connectivity index (χ1v) is 7.27. The second-order valence-corrected chi connectivity index (χ2v) is 5.83. The van der Waals surface area contributed by atoms with Crippen LogP contribution in [-0.4, -0.2) is 16.1 Å². The summed E-state index contributed by atoms with van der Waals surface area (Å²) >= 11 is 13.5. The standard InChI is InChI=1S/C13H11Cl2NO2S/c14-9-2-1-8(11(15)6-9)5-12-16-10(7-19-12)3-4-13(17)18/h1-2,6-7H,3-5H2,(H,17,18). The van der Waals surface area contributed by atoms with Crippen molar-refractivity contribution in [3.8, 4) is 0 Å². The van der Waals surface area contributed by atoms with Gasteiger partial charge in [0, 0.05) is 28.3 Å². The zero-order chi connectivity index (χ0) is 13.8. The normalized spacial score (nSPS) is 10.6. The average molecular weight is 316 g/mol. The van der Waals surface area contributed by atoms with E-state index in [0.29, 0.717) is 22.9 Å². The van der Waals surface area contributed by atoms with Crippen molar-refractivity contribution >= 4 is 40.5 Å². The molecule has 19 heavy (non-hydrogen) atoms. The van der Waals surface area contributed by atoms with Gasteiger partial charge in [0.2, 0.25) is 0 Å². The quantitative estimate of drug-likeness (QED) is 0.905. The fraction of sp³-hybridized carbons (Fsp3) is 0.231. The topological polar surface area (TPSA) is 50.2 Å². The van der Waals surface area contributed by atoms with Crippen LogP contribution >= 0.6 is 34.5 Å². The first-order chi connectivity index (χ1) is 9.04. The van der Waals surface area contributed by atoms with Gasteiger partial charge in [0.05, 0.1) is 17.1 Å². The number of carbonyl (C=O) groups is 1. The Hall–Kier alpha value is -1.10. The molecule has 6 heteroatoms. The first kappa shape index (κ1) is 14.3. The Morgan fingerprint density at radius 3 is 2.84 bits per heavy atom. The zero-order valence-corrected chi connectivity index (χ0v) is 12.2. The number of aliphatic carboxylic acids is 1. The maximum absolute atomic E-state index is 10.5. The van der Waals surface area contributed by atoms with Crippen molar-refractivity contribution in [3.63, 3.8) is 0 Å². The van der Waals surface area contributed by atoms with E-state index in [1.807, 2.05) is 11.4 Å². The molecule has 0 aliphatic heterocycles. The summed E-state index contributed by atoms with van der Waals surface area (Å²) in [6, 6.07) is 5.38. The number of rotatable bonds is 5. The highest BCUT2D eigenvalue weighted by Gasteiger charge is 2.08. The molecular weight excluding hydrogens is 305 g/mol. The molecule has 0 saturated carbocycles. The third-order valence-corrected chi connectivity index (χ3v) is 4.04. The number of hydrogen-bond donors (Lipinski definition) is 1. The van der Waals surface area contributed by atoms with Crippen LogP contribution in [0.5, 0.6) is 0 Å². The minimum atomic E-state index is -0.810. The van der Waals surface area contributed by atoms with Crippen LogP contribution in [0.4, 0.5) is 0 Å². The molecule has 0 atom stereocenters. The largest absolute Gasteiger partial charge is 0.481 e. The van der Waals surface area contributed by atoms with Gasteiger partial charge >= 0.3 is 5.97 Å². The Morgan fingerprint density at radius 2 is 2.16 bits per heavy atom. The summed E-state index contributed by atoms with van der Waals surface area (Å²) in [6.07, 6.45) is 1.19. The Kier molecular flexibility index (Phi) is 4.80. The van der Waals surface area contributed by atoms with Crippen molar-refractivity contribution in [2.45, 2.75) is 19.3 Å². The number of thiazole rings is 1. The fourth-order valence-corrected chi connectivity index (χ4v) is 2.93. The number of halogens is 2. The lowest BCUT2D eigenvalue weighted by atomic mass is 10.1. The van der Waals surface area contributed by atoms with Gasteiger partial charge in [-0.05, 0) is 17.7 Å². The van der Waals surface area contributed by atoms with Crippen LogP contribution in [0.15, 0.2) is 23.6 Å². The van der Waals surface area contributed by atoms with E-state index in [1.165, 1.54) is 11.3 Å². The minimum absolute atomic E-state index is 0.102. The number of hydrogen-bond acceptors (Lipinski definition) is 3. The summed E-state index contributed by atoms with van der Waals surface area (Å²) in [5, 5.41) is 12.7. The van der Waals surface area contributed by atoms with E-state index in [2.05, 4.69) is 4.98 Å². The average Bonchev–Trinajstić information content (AvgIpc) is 2.78. The highest BCUT2D eigenvalue weighted by atomic mass is 35.5.